The lowest BCUT2D eigenvalue weighted by Gasteiger charge is -2.59. The second-order valence-corrected chi connectivity index (χ2v) is 12.3. The van der Waals surface area contributed by atoms with Crippen LogP contribution in [-0.2, 0) is 0 Å². The van der Waals surface area contributed by atoms with E-state index in [4.69, 9.17) is 0 Å². The van der Waals surface area contributed by atoms with Gasteiger partial charge in [-0.2, -0.15) is 0 Å². The number of allylic oxidation sites excluding steroid dienone is 6. The predicted molar refractivity (Wildman–Crippen MR) is 145 cm³/mol. The standard InChI is InChI=1S/C26H38.C4H10.C2H6/c1-8-18(3)26(7)19(4)16-23-21-10-9-20-15-17(2)11-13-24(20,5)22(21)12-14-25(23,26)6;1-4(2)3;1-2/h11,13,15,19,21-23H,2-3,8-10,12,14,16H2,1,4-7H3;4H,1-3H3;1-2H3/t19-,21?,22?,23?,24?,25?,26?;;/m1../s1. The van der Waals surface area contributed by atoms with Gasteiger partial charge in [0.1, 0.15) is 0 Å². The molecule has 0 radical (unpaired) electrons. The summed E-state index contributed by atoms with van der Waals surface area (Å²) >= 11 is 0. The Balaban J connectivity index is 0.000000547. The van der Waals surface area contributed by atoms with Crippen molar-refractivity contribution >= 4 is 0 Å². The van der Waals surface area contributed by atoms with Crippen molar-refractivity contribution in [3.63, 3.8) is 0 Å². The van der Waals surface area contributed by atoms with E-state index in [0.717, 1.165) is 36.0 Å². The third-order valence-corrected chi connectivity index (χ3v) is 9.98. The van der Waals surface area contributed by atoms with Crippen LogP contribution < -0.4 is 0 Å². The van der Waals surface area contributed by atoms with Crippen molar-refractivity contribution in [2.45, 2.75) is 108 Å². The molecule has 0 aromatic carbocycles. The molecule has 0 spiro atoms. The fourth-order valence-corrected chi connectivity index (χ4v) is 7.97. The smallest absolute Gasteiger partial charge is 0.0100 e. The Hall–Kier alpha value is -1.04. The molecule has 0 N–H and O–H groups in total. The maximum absolute atomic E-state index is 4.58. The quantitative estimate of drug-likeness (QED) is 0.376. The minimum absolute atomic E-state index is 0.273. The number of fused-ring (bicyclic) bond motifs is 5. The fourth-order valence-electron chi connectivity index (χ4n) is 7.97. The molecule has 0 aromatic heterocycles. The van der Waals surface area contributed by atoms with E-state index < -0.39 is 0 Å². The third-order valence-electron chi connectivity index (χ3n) is 9.98. The molecule has 0 nitrogen and oxygen atoms in total. The average Bonchev–Trinajstić information content (AvgIpc) is 2.96. The molecule has 0 aromatic rings. The first kappa shape index (κ1) is 27.2. The van der Waals surface area contributed by atoms with Gasteiger partial charge in [-0.05, 0) is 84.5 Å². The highest BCUT2D eigenvalue weighted by Gasteiger charge is 2.64. The van der Waals surface area contributed by atoms with Gasteiger partial charge in [-0.15, -0.1) is 0 Å². The van der Waals surface area contributed by atoms with Gasteiger partial charge in [-0.1, -0.05) is 112 Å². The van der Waals surface area contributed by atoms with Crippen molar-refractivity contribution in [1.29, 1.82) is 0 Å². The van der Waals surface area contributed by atoms with Gasteiger partial charge >= 0.3 is 0 Å². The number of rotatable bonds is 2. The van der Waals surface area contributed by atoms with Gasteiger partial charge in [0.2, 0.25) is 0 Å². The monoisotopic (exact) mass is 438 g/mol. The third kappa shape index (κ3) is 4.25. The van der Waals surface area contributed by atoms with Crippen LogP contribution in [0.15, 0.2) is 48.1 Å². The number of hydrogen-bond acceptors (Lipinski definition) is 0. The second-order valence-electron chi connectivity index (χ2n) is 12.3. The minimum atomic E-state index is 0.273. The van der Waals surface area contributed by atoms with E-state index in [9.17, 15) is 0 Å². The number of hydrogen-bond donors (Lipinski definition) is 0. The molecule has 0 heterocycles. The van der Waals surface area contributed by atoms with Crippen LogP contribution >= 0.6 is 0 Å². The van der Waals surface area contributed by atoms with Crippen molar-refractivity contribution in [2.75, 3.05) is 0 Å². The molecule has 4 aliphatic carbocycles. The minimum Gasteiger partial charge on any atom is -0.0993 e. The highest BCUT2D eigenvalue weighted by atomic mass is 14.7. The summed E-state index contributed by atoms with van der Waals surface area (Å²) in [5.74, 6) is 4.15. The maximum atomic E-state index is 4.58. The summed E-state index contributed by atoms with van der Waals surface area (Å²) < 4.78 is 0. The molecule has 6 unspecified atom stereocenters. The Morgan fingerprint density at radius 3 is 2.25 bits per heavy atom. The lowest BCUT2D eigenvalue weighted by molar-refractivity contribution is -0.0546. The molecular weight excluding hydrogens is 384 g/mol. The fraction of sp³-hybridized carbons (Fsp3) is 0.750. The molecular formula is C32H54. The Bertz CT molecular complexity index is 745. The van der Waals surface area contributed by atoms with Crippen molar-refractivity contribution in [1.82, 2.24) is 0 Å². The average molecular weight is 439 g/mol. The Morgan fingerprint density at radius 2 is 1.69 bits per heavy atom. The summed E-state index contributed by atoms with van der Waals surface area (Å²) in [5, 5.41) is 0. The zero-order valence-corrected chi connectivity index (χ0v) is 23.3. The van der Waals surface area contributed by atoms with E-state index in [2.05, 4.69) is 86.8 Å². The summed E-state index contributed by atoms with van der Waals surface area (Å²) in [7, 11) is 0. The van der Waals surface area contributed by atoms with Gasteiger partial charge in [0.25, 0.3) is 0 Å². The Kier molecular flexibility index (Phi) is 8.56. The van der Waals surface area contributed by atoms with Crippen molar-refractivity contribution < 1.29 is 0 Å². The van der Waals surface area contributed by atoms with Crippen LogP contribution in [0.3, 0.4) is 0 Å². The molecule has 182 valence electrons. The van der Waals surface area contributed by atoms with E-state index in [1.807, 2.05) is 13.8 Å². The van der Waals surface area contributed by atoms with Gasteiger partial charge in [0.05, 0.1) is 0 Å². The van der Waals surface area contributed by atoms with E-state index in [0.29, 0.717) is 10.8 Å². The van der Waals surface area contributed by atoms with Crippen LogP contribution in [0.4, 0.5) is 0 Å². The first-order valence-electron chi connectivity index (χ1n) is 13.7. The van der Waals surface area contributed by atoms with E-state index in [1.165, 1.54) is 43.3 Å². The molecule has 32 heavy (non-hydrogen) atoms. The summed E-state index contributed by atoms with van der Waals surface area (Å²) in [6.45, 7) is 31.8. The Morgan fingerprint density at radius 1 is 1.09 bits per heavy atom. The van der Waals surface area contributed by atoms with Gasteiger partial charge in [-0.3, -0.25) is 0 Å². The van der Waals surface area contributed by atoms with Gasteiger partial charge in [-0.25, -0.2) is 0 Å². The molecule has 0 bridgehead atoms. The zero-order chi connectivity index (χ0) is 24.5. The molecule has 7 atom stereocenters. The van der Waals surface area contributed by atoms with E-state index in [-0.39, 0.29) is 5.41 Å². The van der Waals surface area contributed by atoms with Crippen LogP contribution in [0.1, 0.15) is 108 Å². The molecule has 4 rings (SSSR count). The summed E-state index contributed by atoms with van der Waals surface area (Å²) in [6.07, 6.45) is 15.1. The molecule has 0 amide bonds. The van der Waals surface area contributed by atoms with Crippen molar-refractivity contribution in [2.24, 2.45) is 45.8 Å². The van der Waals surface area contributed by atoms with E-state index in [1.54, 1.807) is 5.57 Å². The Labute approximate surface area is 201 Å². The predicted octanol–water partition coefficient (Wildman–Crippen LogP) is 10.2. The van der Waals surface area contributed by atoms with Crippen LogP contribution in [0.5, 0.6) is 0 Å². The van der Waals surface area contributed by atoms with Crippen molar-refractivity contribution in [3.05, 3.63) is 48.1 Å². The first-order valence-corrected chi connectivity index (χ1v) is 13.7. The van der Waals surface area contributed by atoms with Crippen LogP contribution in [0.2, 0.25) is 0 Å². The first-order chi connectivity index (χ1) is 14.9. The highest BCUT2D eigenvalue weighted by molar-refractivity contribution is 5.43. The van der Waals surface area contributed by atoms with Gasteiger partial charge in [0, 0.05) is 5.41 Å². The molecule has 0 saturated heterocycles. The normalized spacial score (nSPS) is 41.8. The van der Waals surface area contributed by atoms with Crippen LogP contribution in [0, 0.1) is 45.8 Å². The summed E-state index contributed by atoms with van der Waals surface area (Å²) in [4.78, 5) is 0. The van der Waals surface area contributed by atoms with Crippen LogP contribution in [0.25, 0.3) is 0 Å². The lowest BCUT2D eigenvalue weighted by atomic mass is 9.45. The largest absolute Gasteiger partial charge is 0.0993 e. The second kappa shape index (κ2) is 10.1. The van der Waals surface area contributed by atoms with Gasteiger partial charge in [0.15, 0.2) is 0 Å². The lowest BCUT2D eigenvalue weighted by Crippen LogP contribution is -2.52. The SMILES string of the molecule is C=C1C=CC2(C)C(=C1)CCC1C2CCC2(C)C1C[C@@H](C)C2(C)C(=C)CC.CC.CC(C)C. The molecule has 0 aliphatic heterocycles. The van der Waals surface area contributed by atoms with Gasteiger partial charge < -0.3 is 0 Å². The maximum Gasteiger partial charge on any atom is 0.0100 e. The van der Waals surface area contributed by atoms with Crippen LogP contribution in [-0.4, -0.2) is 0 Å². The molecule has 3 saturated carbocycles. The molecule has 4 aliphatic rings. The topological polar surface area (TPSA) is 0 Å². The zero-order valence-electron chi connectivity index (χ0n) is 23.3. The molecule has 3 fully saturated rings. The molecule has 0 heteroatoms. The highest BCUT2D eigenvalue weighted by Crippen LogP contribution is 2.72. The van der Waals surface area contributed by atoms with Crippen molar-refractivity contribution in [3.8, 4) is 0 Å². The summed E-state index contributed by atoms with van der Waals surface area (Å²) in [6, 6.07) is 0. The summed E-state index contributed by atoms with van der Waals surface area (Å²) in [5.41, 5.74) is 5.37. The van der Waals surface area contributed by atoms with E-state index >= 15 is 0 Å².